The largest absolute Gasteiger partial charge is 0.497 e. The third-order valence-corrected chi connectivity index (χ3v) is 3.51. The molecule has 0 amide bonds. The summed E-state index contributed by atoms with van der Waals surface area (Å²) in [5.41, 5.74) is 1.45. The monoisotopic (exact) mass is 305 g/mol. The maximum Gasteiger partial charge on any atom is 0.181 e. The SMILES string of the molecule is COc1cccc(C(=O)[C@@H](Br)c2cccnc2)c1. The molecular formula is C14H12BrNO2. The van der Waals surface area contributed by atoms with Crippen LogP contribution >= 0.6 is 15.9 Å². The third kappa shape index (κ3) is 2.76. The van der Waals surface area contributed by atoms with Crippen molar-refractivity contribution in [1.29, 1.82) is 0 Å². The Balaban J connectivity index is 2.25. The number of pyridine rings is 1. The Labute approximate surface area is 114 Å². The molecule has 0 aliphatic rings. The molecule has 4 heteroatoms. The fraction of sp³-hybridized carbons (Fsp3) is 0.143. The van der Waals surface area contributed by atoms with Crippen LogP contribution in [-0.2, 0) is 0 Å². The fourth-order valence-corrected chi connectivity index (χ4v) is 2.14. The second kappa shape index (κ2) is 5.78. The van der Waals surface area contributed by atoms with Gasteiger partial charge in [-0.1, -0.05) is 34.1 Å². The summed E-state index contributed by atoms with van der Waals surface area (Å²) in [6.07, 6.45) is 3.36. The van der Waals surface area contributed by atoms with Gasteiger partial charge in [-0.15, -0.1) is 0 Å². The van der Waals surface area contributed by atoms with E-state index in [9.17, 15) is 4.79 Å². The smallest absolute Gasteiger partial charge is 0.181 e. The number of ketones is 1. The zero-order chi connectivity index (χ0) is 13.0. The van der Waals surface area contributed by atoms with Gasteiger partial charge in [-0.3, -0.25) is 9.78 Å². The molecule has 0 aliphatic heterocycles. The lowest BCUT2D eigenvalue weighted by molar-refractivity contribution is 0.0991. The van der Waals surface area contributed by atoms with Crippen LogP contribution in [0, 0.1) is 0 Å². The second-order valence-electron chi connectivity index (χ2n) is 3.75. The topological polar surface area (TPSA) is 39.2 Å². The summed E-state index contributed by atoms with van der Waals surface area (Å²) in [5, 5.41) is 0. The van der Waals surface area contributed by atoms with Crippen molar-refractivity contribution in [2.45, 2.75) is 4.83 Å². The molecule has 0 fully saturated rings. The van der Waals surface area contributed by atoms with Crippen LogP contribution in [0.5, 0.6) is 5.75 Å². The molecule has 2 rings (SSSR count). The van der Waals surface area contributed by atoms with E-state index in [0.717, 1.165) is 5.56 Å². The molecule has 1 heterocycles. The Morgan fingerprint density at radius 2 is 2.17 bits per heavy atom. The standard InChI is InChI=1S/C14H12BrNO2/c1-18-12-6-2-4-10(8-12)14(17)13(15)11-5-3-7-16-9-11/h2-9,13H,1H3/t13-/m0/s1. The van der Waals surface area contributed by atoms with E-state index in [1.54, 1.807) is 37.7 Å². The van der Waals surface area contributed by atoms with Crippen molar-refractivity contribution >= 4 is 21.7 Å². The molecule has 0 saturated heterocycles. The van der Waals surface area contributed by atoms with Crippen molar-refractivity contribution in [3.63, 3.8) is 0 Å². The fourth-order valence-electron chi connectivity index (χ4n) is 1.60. The van der Waals surface area contributed by atoms with Crippen LogP contribution in [0.15, 0.2) is 48.8 Å². The molecule has 0 bridgehead atoms. The van der Waals surface area contributed by atoms with Crippen molar-refractivity contribution in [2.24, 2.45) is 0 Å². The minimum atomic E-state index is -0.390. The van der Waals surface area contributed by atoms with Gasteiger partial charge in [0.15, 0.2) is 5.78 Å². The van der Waals surface area contributed by atoms with E-state index in [-0.39, 0.29) is 5.78 Å². The molecule has 0 radical (unpaired) electrons. The number of alkyl halides is 1. The maximum atomic E-state index is 12.3. The second-order valence-corrected chi connectivity index (χ2v) is 4.66. The molecule has 1 atom stereocenters. The number of Topliss-reactive ketones (excluding diaryl/α,β-unsaturated/α-hetero) is 1. The van der Waals surface area contributed by atoms with Crippen LogP contribution in [0.3, 0.4) is 0 Å². The van der Waals surface area contributed by atoms with Gasteiger partial charge >= 0.3 is 0 Å². The highest BCUT2D eigenvalue weighted by Gasteiger charge is 2.19. The van der Waals surface area contributed by atoms with E-state index < -0.39 is 4.83 Å². The van der Waals surface area contributed by atoms with E-state index >= 15 is 0 Å². The van der Waals surface area contributed by atoms with Crippen LogP contribution < -0.4 is 4.74 Å². The average molecular weight is 306 g/mol. The van der Waals surface area contributed by atoms with Crippen LogP contribution in [0.25, 0.3) is 0 Å². The number of halogens is 1. The summed E-state index contributed by atoms with van der Waals surface area (Å²) in [7, 11) is 1.58. The molecule has 92 valence electrons. The lowest BCUT2D eigenvalue weighted by atomic mass is 10.0. The Kier molecular flexibility index (Phi) is 4.10. The Hall–Kier alpha value is -1.68. The van der Waals surface area contributed by atoms with E-state index in [0.29, 0.717) is 11.3 Å². The molecule has 0 unspecified atom stereocenters. The van der Waals surface area contributed by atoms with Gasteiger partial charge in [0, 0.05) is 18.0 Å². The minimum absolute atomic E-state index is 0.0121. The summed E-state index contributed by atoms with van der Waals surface area (Å²) in [6.45, 7) is 0. The zero-order valence-corrected chi connectivity index (χ0v) is 11.4. The Morgan fingerprint density at radius 1 is 1.33 bits per heavy atom. The van der Waals surface area contributed by atoms with Crippen molar-refractivity contribution in [3.05, 3.63) is 59.9 Å². The van der Waals surface area contributed by atoms with Gasteiger partial charge in [-0.05, 0) is 23.8 Å². The van der Waals surface area contributed by atoms with Gasteiger partial charge < -0.3 is 4.74 Å². The van der Waals surface area contributed by atoms with Gasteiger partial charge in [0.1, 0.15) is 10.6 Å². The number of carbonyl (C=O) groups is 1. The highest BCUT2D eigenvalue weighted by molar-refractivity contribution is 9.09. The van der Waals surface area contributed by atoms with Gasteiger partial charge in [-0.2, -0.15) is 0 Å². The predicted octanol–water partition coefficient (Wildman–Crippen LogP) is 3.41. The quantitative estimate of drug-likeness (QED) is 0.642. The number of carbonyl (C=O) groups excluding carboxylic acids is 1. The normalized spacial score (nSPS) is 11.9. The molecule has 3 nitrogen and oxygen atoms in total. The van der Waals surface area contributed by atoms with Gasteiger partial charge in [0.2, 0.25) is 0 Å². The highest BCUT2D eigenvalue weighted by atomic mass is 79.9. The molecule has 18 heavy (non-hydrogen) atoms. The lowest BCUT2D eigenvalue weighted by Crippen LogP contribution is -2.07. The van der Waals surface area contributed by atoms with Crippen molar-refractivity contribution in [2.75, 3.05) is 7.11 Å². The molecule has 0 spiro atoms. The molecule has 0 N–H and O–H groups in total. The van der Waals surface area contributed by atoms with Crippen LogP contribution in [0.4, 0.5) is 0 Å². The summed E-state index contributed by atoms with van der Waals surface area (Å²) in [6, 6.07) is 10.8. The first-order valence-corrected chi connectivity index (χ1v) is 6.36. The summed E-state index contributed by atoms with van der Waals surface area (Å²) in [4.78, 5) is 15.9. The number of ether oxygens (including phenoxy) is 1. The molecular weight excluding hydrogens is 294 g/mol. The molecule has 2 aromatic rings. The van der Waals surface area contributed by atoms with Gasteiger partial charge in [0.25, 0.3) is 0 Å². The number of methoxy groups -OCH3 is 1. The van der Waals surface area contributed by atoms with Gasteiger partial charge in [-0.25, -0.2) is 0 Å². The number of benzene rings is 1. The summed E-state index contributed by atoms with van der Waals surface area (Å²) in [5.74, 6) is 0.661. The number of aromatic nitrogens is 1. The lowest BCUT2D eigenvalue weighted by Gasteiger charge is -2.09. The first kappa shape index (κ1) is 12.8. The average Bonchev–Trinajstić information content (AvgIpc) is 2.46. The predicted molar refractivity (Wildman–Crippen MR) is 73.2 cm³/mol. The van der Waals surface area contributed by atoms with Crippen molar-refractivity contribution in [1.82, 2.24) is 4.98 Å². The number of hydrogen-bond acceptors (Lipinski definition) is 3. The van der Waals surface area contributed by atoms with E-state index in [1.165, 1.54) is 0 Å². The Bertz CT molecular complexity index is 543. The van der Waals surface area contributed by atoms with Gasteiger partial charge in [0.05, 0.1) is 7.11 Å². The Morgan fingerprint density at radius 3 is 2.83 bits per heavy atom. The molecule has 1 aromatic carbocycles. The van der Waals surface area contributed by atoms with E-state index in [1.807, 2.05) is 18.2 Å². The highest BCUT2D eigenvalue weighted by Crippen LogP contribution is 2.27. The zero-order valence-electron chi connectivity index (χ0n) is 9.84. The van der Waals surface area contributed by atoms with Crippen LogP contribution in [0.1, 0.15) is 20.7 Å². The van der Waals surface area contributed by atoms with Crippen LogP contribution in [0.2, 0.25) is 0 Å². The molecule has 1 aromatic heterocycles. The maximum absolute atomic E-state index is 12.3. The molecule has 0 saturated carbocycles. The number of rotatable bonds is 4. The van der Waals surface area contributed by atoms with Crippen molar-refractivity contribution in [3.8, 4) is 5.75 Å². The first-order chi connectivity index (χ1) is 8.72. The summed E-state index contributed by atoms with van der Waals surface area (Å²) >= 11 is 3.40. The van der Waals surface area contributed by atoms with E-state index in [2.05, 4.69) is 20.9 Å². The third-order valence-electron chi connectivity index (χ3n) is 2.56. The summed E-state index contributed by atoms with van der Waals surface area (Å²) < 4.78 is 5.11. The van der Waals surface area contributed by atoms with Crippen molar-refractivity contribution < 1.29 is 9.53 Å². The van der Waals surface area contributed by atoms with Crippen LogP contribution in [-0.4, -0.2) is 17.9 Å². The first-order valence-electron chi connectivity index (χ1n) is 5.44. The number of hydrogen-bond donors (Lipinski definition) is 0. The number of nitrogens with zero attached hydrogens (tertiary/aromatic N) is 1. The minimum Gasteiger partial charge on any atom is -0.497 e. The molecule has 0 aliphatic carbocycles. The van der Waals surface area contributed by atoms with E-state index in [4.69, 9.17) is 4.74 Å².